The van der Waals surface area contributed by atoms with Crippen LogP contribution in [0.4, 0.5) is 0 Å². The van der Waals surface area contributed by atoms with Crippen molar-refractivity contribution in [3.05, 3.63) is 0 Å². The summed E-state index contributed by atoms with van der Waals surface area (Å²) in [6, 6.07) is 0.835. The summed E-state index contributed by atoms with van der Waals surface area (Å²) in [7, 11) is 0. The van der Waals surface area contributed by atoms with Crippen LogP contribution in [0.3, 0.4) is 0 Å². The molecule has 5 aliphatic rings. The van der Waals surface area contributed by atoms with E-state index in [-0.39, 0.29) is 0 Å². The molecule has 0 saturated heterocycles. The first-order chi connectivity index (χ1) is 7.81. The Hall–Kier alpha value is -0.730. The van der Waals surface area contributed by atoms with Gasteiger partial charge in [-0.25, -0.2) is 4.99 Å². The largest absolute Gasteiger partial charge is 0.463 e. The predicted octanol–water partition coefficient (Wildman–Crippen LogP) is 1.93. The van der Waals surface area contributed by atoms with E-state index in [9.17, 15) is 0 Å². The average Bonchev–Trinajstić information content (AvgIpc) is 2.66. The van der Waals surface area contributed by atoms with Gasteiger partial charge in [-0.15, -0.1) is 0 Å². The maximum absolute atomic E-state index is 5.53. The molecule has 0 aromatic heterocycles. The molecule has 88 valence electrons. The Labute approximate surface area is 96.7 Å². The number of nitrogens with one attached hydrogen (secondary N) is 1. The molecule has 16 heavy (non-hydrogen) atoms. The van der Waals surface area contributed by atoms with Crippen molar-refractivity contribution in [3.8, 4) is 0 Å². The van der Waals surface area contributed by atoms with Gasteiger partial charge in [0.25, 0.3) is 6.02 Å². The van der Waals surface area contributed by atoms with Gasteiger partial charge in [0.2, 0.25) is 0 Å². The maximum atomic E-state index is 5.53. The van der Waals surface area contributed by atoms with Crippen molar-refractivity contribution in [2.45, 2.75) is 44.1 Å². The van der Waals surface area contributed by atoms with Crippen LogP contribution in [-0.2, 0) is 4.74 Å². The third kappa shape index (κ3) is 1.36. The highest BCUT2D eigenvalue weighted by molar-refractivity contribution is 5.75. The molecule has 0 aromatic rings. The van der Waals surface area contributed by atoms with Gasteiger partial charge < -0.3 is 10.1 Å². The fraction of sp³-hybridized carbons (Fsp3) is 0.923. The molecule has 1 heterocycles. The summed E-state index contributed by atoms with van der Waals surface area (Å²) in [5, 5.41) is 3.65. The van der Waals surface area contributed by atoms with Gasteiger partial charge in [-0.3, -0.25) is 0 Å². The Morgan fingerprint density at radius 3 is 2.19 bits per heavy atom. The topological polar surface area (TPSA) is 33.6 Å². The van der Waals surface area contributed by atoms with E-state index in [0.717, 1.165) is 36.9 Å². The van der Waals surface area contributed by atoms with Crippen molar-refractivity contribution in [3.63, 3.8) is 0 Å². The van der Waals surface area contributed by atoms with Crippen LogP contribution in [-0.4, -0.2) is 24.7 Å². The standard InChI is InChI=1S/C13H20N2O/c1-2-16-12(14-1)15-13-6-9-3-10(7-13)5-11(4-9)8-13/h9-11H,1-8H2,(H,14,15). The Balaban J connectivity index is 1.57. The summed E-state index contributed by atoms with van der Waals surface area (Å²) in [5.41, 5.74) is 0.359. The van der Waals surface area contributed by atoms with Gasteiger partial charge in [-0.05, 0) is 56.3 Å². The lowest BCUT2D eigenvalue weighted by Gasteiger charge is -2.56. The number of rotatable bonds is 1. The second-order valence-corrected chi connectivity index (χ2v) is 6.36. The minimum absolute atomic E-state index is 0.359. The Morgan fingerprint density at radius 2 is 1.69 bits per heavy atom. The van der Waals surface area contributed by atoms with Gasteiger partial charge in [-0.1, -0.05) is 0 Å². The number of ether oxygens (including phenoxy) is 1. The Morgan fingerprint density at radius 1 is 1.06 bits per heavy atom. The SMILES string of the molecule is C1COC(NC23CC4CC(CC(C4)C2)C3)=N1. The van der Waals surface area contributed by atoms with E-state index in [1.807, 2.05) is 0 Å². The normalized spacial score (nSPS) is 49.0. The molecular weight excluding hydrogens is 200 g/mol. The van der Waals surface area contributed by atoms with Crippen LogP contribution < -0.4 is 5.32 Å². The number of hydrogen-bond acceptors (Lipinski definition) is 3. The molecule has 5 rings (SSSR count). The van der Waals surface area contributed by atoms with E-state index in [0.29, 0.717) is 5.54 Å². The Bertz CT molecular complexity index is 302. The van der Waals surface area contributed by atoms with E-state index in [1.165, 1.54) is 38.5 Å². The van der Waals surface area contributed by atoms with Crippen molar-refractivity contribution in [1.29, 1.82) is 0 Å². The summed E-state index contributed by atoms with van der Waals surface area (Å²) in [6.45, 7) is 1.61. The van der Waals surface area contributed by atoms with Crippen LogP contribution in [0.2, 0.25) is 0 Å². The minimum Gasteiger partial charge on any atom is -0.463 e. The predicted molar refractivity (Wildman–Crippen MR) is 62.3 cm³/mol. The van der Waals surface area contributed by atoms with E-state index >= 15 is 0 Å². The molecule has 4 bridgehead atoms. The molecule has 4 saturated carbocycles. The van der Waals surface area contributed by atoms with Crippen LogP contribution >= 0.6 is 0 Å². The highest BCUT2D eigenvalue weighted by Crippen LogP contribution is 2.55. The van der Waals surface area contributed by atoms with Gasteiger partial charge in [-0.2, -0.15) is 0 Å². The molecule has 4 fully saturated rings. The fourth-order valence-corrected chi connectivity index (χ4v) is 4.90. The van der Waals surface area contributed by atoms with Crippen molar-refractivity contribution >= 4 is 6.02 Å². The molecule has 1 N–H and O–H groups in total. The monoisotopic (exact) mass is 220 g/mol. The summed E-state index contributed by atoms with van der Waals surface area (Å²) in [6.07, 6.45) is 8.57. The molecule has 1 aliphatic heterocycles. The van der Waals surface area contributed by atoms with Crippen molar-refractivity contribution in [1.82, 2.24) is 5.32 Å². The first-order valence-corrected chi connectivity index (χ1v) is 6.77. The zero-order chi connectivity index (χ0) is 10.6. The molecule has 0 spiro atoms. The average molecular weight is 220 g/mol. The highest BCUT2D eigenvalue weighted by atomic mass is 16.5. The van der Waals surface area contributed by atoms with Crippen LogP contribution in [0.5, 0.6) is 0 Å². The summed E-state index contributed by atoms with van der Waals surface area (Å²) >= 11 is 0. The Kier molecular flexibility index (Phi) is 1.83. The van der Waals surface area contributed by atoms with E-state index in [2.05, 4.69) is 10.3 Å². The summed E-state index contributed by atoms with van der Waals surface area (Å²) < 4.78 is 5.53. The highest BCUT2D eigenvalue weighted by Gasteiger charge is 2.51. The smallest absolute Gasteiger partial charge is 0.285 e. The third-order valence-electron chi connectivity index (χ3n) is 5.00. The zero-order valence-electron chi connectivity index (χ0n) is 9.74. The van der Waals surface area contributed by atoms with Gasteiger partial charge >= 0.3 is 0 Å². The van der Waals surface area contributed by atoms with Gasteiger partial charge in [0.15, 0.2) is 0 Å². The van der Waals surface area contributed by atoms with E-state index < -0.39 is 0 Å². The maximum Gasteiger partial charge on any atom is 0.285 e. The number of nitrogens with zero attached hydrogens (tertiary/aromatic N) is 1. The van der Waals surface area contributed by atoms with E-state index in [1.54, 1.807) is 0 Å². The first kappa shape index (κ1) is 9.32. The van der Waals surface area contributed by atoms with Crippen molar-refractivity contribution in [2.24, 2.45) is 22.7 Å². The quantitative estimate of drug-likeness (QED) is 0.732. The molecule has 0 radical (unpaired) electrons. The van der Waals surface area contributed by atoms with Crippen molar-refractivity contribution < 1.29 is 4.74 Å². The molecule has 0 unspecified atom stereocenters. The molecule has 0 amide bonds. The van der Waals surface area contributed by atoms with Crippen molar-refractivity contribution in [2.75, 3.05) is 13.2 Å². The lowest BCUT2D eigenvalue weighted by molar-refractivity contribution is -0.0126. The van der Waals surface area contributed by atoms with Crippen LogP contribution in [0.15, 0.2) is 4.99 Å². The lowest BCUT2D eigenvalue weighted by Crippen LogP contribution is -2.59. The van der Waals surface area contributed by atoms with E-state index in [4.69, 9.17) is 4.74 Å². The number of hydrogen-bond donors (Lipinski definition) is 1. The lowest BCUT2D eigenvalue weighted by atomic mass is 9.53. The van der Waals surface area contributed by atoms with Crippen LogP contribution in [0.25, 0.3) is 0 Å². The van der Waals surface area contributed by atoms with Crippen LogP contribution in [0, 0.1) is 17.8 Å². The van der Waals surface area contributed by atoms with Gasteiger partial charge in [0, 0.05) is 5.54 Å². The number of aliphatic imine (C=N–C) groups is 1. The second kappa shape index (κ2) is 3.14. The second-order valence-electron chi connectivity index (χ2n) is 6.36. The summed E-state index contributed by atoms with van der Waals surface area (Å²) in [5.74, 6) is 2.96. The first-order valence-electron chi connectivity index (χ1n) is 6.77. The van der Waals surface area contributed by atoms with Gasteiger partial charge in [0.05, 0.1) is 6.54 Å². The zero-order valence-corrected chi connectivity index (χ0v) is 9.74. The molecule has 0 atom stereocenters. The fourth-order valence-electron chi connectivity index (χ4n) is 4.90. The minimum atomic E-state index is 0.359. The molecule has 4 aliphatic carbocycles. The van der Waals surface area contributed by atoms with Crippen LogP contribution in [0.1, 0.15) is 38.5 Å². The number of amidine groups is 1. The molecule has 3 heteroatoms. The molecular formula is C13H20N2O. The third-order valence-corrected chi connectivity index (χ3v) is 5.00. The summed E-state index contributed by atoms with van der Waals surface area (Å²) in [4.78, 5) is 4.40. The van der Waals surface area contributed by atoms with Gasteiger partial charge in [0.1, 0.15) is 6.61 Å². The molecule has 3 nitrogen and oxygen atoms in total. The molecule has 0 aromatic carbocycles.